The highest BCUT2D eigenvalue weighted by molar-refractivity contribution is 7.09. The number of thiophene rings is 1. The average Bonchev–Trinajstić information content (AvgIpc) is 3.26. The molecule has 2 N–H and O–H groups in total. The zero-order valence-corrected chi connectivity index (χ0v) is 13.6. The van der Waals surface area contributed by atoms with E-state index >= 15 is 0 Å². The number of rotatable bonds is 7. The lowest BCUT2D eigenvalue weighted by Crippen LogP contribution is -2.39. The third-order valence-corrected chi connectivity index (χ3v) is 4.87. The molecule has 3 heterocycles. The molecule has 2 atom stereocenters. The van der Waals surface area contributed by atoms with E-state index in [2.05, 4.69) is 31.5 Å². The SMILES string of the molecule is O=C(CCc1ncn[nH]1)NC[C@@H]1C[C@H](F)CN1Cc1cccs1. The Morgan fingerprint density at radius 2 is 2.48 bits per heavy atom. The van der Waals surface area contributed by atoms with Gasteiger partial charge in [0.25, 0.3) is 0 Å². The van der Waals surface area contributed by atoms with Crippen LogP contribution in [0.2, 0.25) is 0 Å². The maximum Gasteiger partial charge on any atom is 0.220 e. The standard InChI is InChI=1S/C15H20FN5OS/c16-11-6-12(21(8-11)9-13-2-1-5-23-13)7-17-15(22)4-3-14-18-10-19-20-14/h1-2,5,10-12H,3-4,6-9H2,(H,17,22)(H,18,19,20)/t11-,12-/m0/s1. The molecule has 0 radical (unpaired) electrons. The molecule has 23 heavy (non-hydrogen) atoms. The Hall–Kier alpha value is -1.80. The molecular formula is C15H20FN5OS. The first kappa shape index (κ1) is 16.1. The number of aromatic amines is 1. The number of aromatic nitrogens is 3. The predicted octanol–water partition coefficient (Wildman–Crippen LogP) is 1.53. The van der Waals surface area contributed by atoms with Crippen molar-refractivity contribution in [1.82, 2.24) is 25.4 Å². The molecule has 8 heteroatoms. The molecule has 1 fully saturated rings. The predicted molar refractivity (Wildman–Crippen MR) is 85.7 cm³/mol. The summed E-state index contributed by atoms with van der Waals surface area (Å²) in [6.07, 6.45) is 1.97. The van der Waals surface area contributed by atoms with Gasteiger partial charge in [0, 0.05) is 43.4 Å². The zero-order chi connectivity index (χ0) is 16.1. The van der Waals surface area contributed by atoms with E-state index < -0.39 is 6.17 Å². The maximum absolute atomic E-state index is 13.7. The van der Waals surface area contributed by atoms with Crippen LogP contribution in [0.4, 0.5) is 4.39 Å². The van der Waals surface area contributed by atoms with E-state index in [-0.39, 0.29) is 11.9 Å². The van der Waals surface area contributed by atoms with Crippen molar-refractivity contribution < 1.29 is 9.18 Å². The van der Waals surface area contributed by atoms with Crippen molar-refractivity contribution >= 4 is 17.2 Å². The van der Waals surface area contributed by atoms with E-state index in [0.29, 0.717) is 38.2 Å². The highest BCUT2D eigenvalue weighted by atomic mass is 32.1. The van der Waals surface area contributed by atoms with E-state index in [1.165, 1.54) is 11.2 Å². The normalized spacial score (nSPS) is 21.6. The molecule has 0 bridgehead atoms. The Kier molecular flexibility index (Phi) is 5.35. The first-order chi connectivity index (χ1) is 11.2. The number of hydrogen-bond donors (Lipinski definition) is 2. The Labute approximate surface area is 138 Å². The second-order valence-corrected chi connectivity index (χ2v) is 6.76. The van der Waals surface area contributed by atoms with Crippen LogP contribution < -0.4 is 5.32 Å². The van der Waals surface area contributed by atoms with E-state index in [1.54, 1.807) is 11.3 Å². The van der Waals surface area contributed by atoms with Gasteiger partial charge in [0.2, 0.25) is 5.91 Å². The topological polar surface area (TPSA) is 73.9 Å². The maximum atomic E-state index is 13.7. The summed E-state index contributed by atoms with van der Waals surface area (Å²) >= 11 is 1.68. The fourth-order valence-corrected chi connectivity index (χ4v) is 3.56. The number of nitrogens with one attached hydrogen (secondary N) is 2. The van der Waals surface area contributed by atoms with Crippen LogP contribution in [0.25, 0.3) is 0 Å². The molecule has 1 aliphatic heterocycles. The van der Waals surface area contributed by atoms with Gasteiger partial charge in [0.1, 0.15) is 18.3 Å². The van der Waals surface area contributed by atoms with Gasteiger partial charge in [-0.25, -0.2) is 9.37 Å². The number of halogens is 1. The minimum absolute atomic E-state index is 0.0419. The summed E-state index contributed by atoms with van der Waals surface area (Å²) in [5, 5.41) is 11.4. The van der Waals surface area contributed by atoms with Crippen molar-refractivity contribution in [3.8, 4) is 0 Å². The van der Waals surface area contributed by atoms with Gasteiger partial charge in [-0.05, 0) is 17.9 Å². The number of amides is 1. The van der Waals surface area contributed by atoms with Crippen LogP contribution in [0.1, 0.15) is 23.5 Å². The molecule has 124 valence electrons. The summed E-state index contributed by atoms with van der Waals surface area (Å²) in [4.78, 5) is 19.2. The number of hydrogen-bond acceptors (Lipinski definition) is 5. The monoisotopic (exact) mass is 337 g/mol. The summed E-state index contributed by atoms with van der Waals surface area (Å²) in [6, 6.07) is 4.12. The Balaban J connectivity index is 1.44. The molecule has 0 saturated carbocycles. The number of aryl methyl sites for hydroxylation is 1. The molecule has 0 unspecified atom stereocenters. The molecule has 1 saturated heterocycles. The summed E-state index contributed by atoms with van der Waals surface area (Å²) in [5.41, 5.74) is 0. The molecule has 0 spiro atoms. The molecule has 1 aliphatic rings. The molecule has 2 aromatic rings. The van der Waals surface area contributed by atoms with E-state index in [4.69, 9.17) is 0 Å². The minimum Gasteiger partial charge on any atom is -0.355 e. The summed E-state index contributed by atoms with van der Waals surface area (Å²) in [7, 11) is 0. The Morgan fingerprint density at radius 3 is 3.22 bits per heavy atom. The van der Waals surface area contributed by atoms with Gasteiger partial charge in [0.15, 0.2) is 0 Å². The minimum atomic E-state index is -0.814. The molecular weight excluding hydrogens is 317 g/mol. The van der Waals surface area contributed by atoms with Crippen molar-refractivity contribution in [2.75, 3.05) is 13.1 Å². The summed E-state index contributed by atoms with van der Waals surface area (Å²) in [6.45, 7) is 1.67. The van der Waals surface area contributed by atoms with Crippen LogP contribution in [0.5, 0.6) is 0 Å². The van der Waals surface area contributed by atoms with Gasteiger partial charge in [-0.3, -0.25) is 14.8 Å². The number of H-pyrrole nitrogens is 1. The Morgan fingerprint density at radius 1 is 1.57 bits per heavy atom. The average molecular weight is 337 g/mol. The largest absolute Gasteiger partial charge is 0.355 e. The van der Waals surface area contributed by atoms with Crippen molar-refractivity contribution in [3.63, 3.8) is 0 Å². The third-order valence-electron chi connectivity index (χ3n) is 4.00. The van der Waals surface area contributed by atoms with Crippen molar-refractivity contribution in [2.45, 2.75) is 38.0 Å². The van der Waals surface area contributed by atoms with E-state index in [9.17, 15) is 9.18 Å². The van der Waals surface area contributed by atoms with Crippen LogP contribution >= 0.6 is 11.3 Å². The van der Waals surface area contributed by atoms with Crippen LogP contribution in [0.3, 0.4) is 0 Å². The third kappa shape index (κ3) is 4.59. The number of likely N-dealkylation sites (tertiary alicyclic amines) is 1. The zero-order valence-electron chi connectivity index (χ0n) is 12.7. The van der Waals surface area contributed by atoms with Gasteiger partial charge in [-0.1, -0.05) is 6.07 Å². The van der Waals surface area contributed by atoms with Gasteiger partial charge in [0.05, 0.1) is 0 Å². The van der Waals surface area contributed by atoms with Gasteiger partial charge >= 0.3 is 0 Å². The summed E-state index contributed by atoms with van der Waals surface area (Å²) in [5.74, 6) is 0.656. The molecule has 0 aliphatic carbocycles. The lowest BCUT2D eigenvalue weighted by Gasteiger charge is -2.23. The smallest absolute Gasteiger partial charge is 0.220 e. The van der Waals surface area contributed by atoms with E-state index in [1.807, 2.05) is 11.4 Å². The van der Waals surface area contributed by atoms with Gasteiger partial charge in [-0.15, -0.1) is 11.3 Å². The highest BCUT2D eigenvalue weighted by Crippen LogP contribution is 2.23. The molecule has 6 nitrogen and oxygen atoms in total. The fourth-order valence-electron chi connectivity index (χ4n) is 2.83. The van der Waals surface area contributed by atoms with Crippen LogP contribution in [-0.2, 0) is 17.8 Å². The second-order valence-electron chi connectivity index (χ2n) is 5.73. The van der Waals surface area contributed by atoms with Crippen molar-refractivity contribution in [2.24, 2.45) is 0 Å². The lowest BCUT2D eigenvalue weighted by atomic mass is 10.2. The summed E-state index contributed by atoms with van der Waals surface area (Å²) < 4.78 is 13.7. The lowest BCUT2D eigenvalue weighted by molar-refractivity contribution is -0.121. The van der Waals surface area contributed by atoms with Crippen molar-refractivity contribution in [1.29, 1.82) is 0 Å². The highest BCUT2D eigenvalue weighted by Gasteiger charge is 2.32. The quantitative estimate of drug-likeness (QED) is 0.803. The first-order valence-corrected chi connectivity index (χ1v) is 8.60. The second kappa shape index (κ2) is 7.65. The first-order valence-electron chi connectivity index (χ1n) is 7.72. The molecule has 2 aromatic heterocycles. The van der Waals surface area contributed by atoms with Crippen LogP contribution in [-0.4, -0.2) is 51.3 Å². The number of carbonyl (C=O) groups excluding carboxylic acids is 1. The molecule has 3 rings (SSSR count). The van der Waals surface area contributed by atoms with Gasteiger partial charge in [-0.2, -0.15) is 5.10 Å². The van der Waals surface area contributed by atoms with Crippen LogP contribution in [0.15, 0.2) is 23.8 Å². The van der Waals surface area contributed by atoms with Crippen LogP contribution in [0, 0.1) is 0 Å². The molecule has 0 aromatic carbocycles. The van der Waals surface area contributed by atoms with Gasteiger partial charge < -0.3 is 5.32 Å². The van der Waals surface area contributed by atoms with Crippen molar-refractivity contribution in [3.05, 3.63) is 34.5 Å². The number of alkyl halides is 1. The Bertz CT molecular complexity index is 603. The fraction of sp³-hybridized carbons (Fsp3) is 0.533. The number of carbonyl (C=O) groups is 1. The van der Waals surface area contributed by atoms with E-state index in [0.717, 1.165) is 6.54 Å². The number of nitrogens with zero attached hydrogens (tertiary/aromatic N) is 3. The molecule has 1 amide bonds.